The zero-order chi connectivity index (χ0) is 10.0. The molecule has 0 aromatic heterocycles. The lowest BCUT2D eigenvalue weighted by molar-refractivity contribution is -0.113. The average Bonchev–Trinajstić information content (AvgIpc) is 2.03. The predicted molar refractivity (Wildman–Crippen MR) is 51.5 cm³/mol. The van der Waals surface area contributed by atoms with Crippen LogP contribution in [0.2, 0.25) is 10.0 Å². The largest absolute Gasteiger partial charge is 0.291 e. The predicted octanol–water partition coefficient (Wildman–Crippen LogP) is 2.77. The maximum atomic E-state index is 11.2. The Morgan fingerprint density at radius 1 is 1.23 bits per heavy atom. The summed E-state index contributed by atoms with van der Waals surface area (Å²) in [6, 6.07) is 4.39. The maximum Gasteiger partial charge on any atom is 0.229 e. The Labute approximate surface area is 85.5 Å². The summed E-state index contributed by atoms with van der Waals surface area (Å²) in [5.74, 6) is -1.13. The summed E-state index contributed by atoms with van der Waals surface area (Å²) in [6.45, 7) is 1.20. The van der Waals surface area contributed by atoms with E-state index in [1.54, 1.807) is 0 Å². The average molecular weight is 217 g/mol. The van der Waals surface area contributed by atoms with E-state index in [1.165, 1.54) is 25.1 Å². The van der Waals surface area contributed by atoms with Gasteiger partial charge in [-0.2, -0.15) is 0 Å². The van der Waals surface area contributed by atoms with Crippen molar-refractivity contribution in [2.75, 3.05) is 0 Å². The van der Waals surface area contributed by atoms with Gasteiger partial charge in [-0.1, -0.05) is 23.2 Å². The Morgan fingerprint density at radius 3 is 2.31 bits per heavy atom. The van der Waals surface area contributed by atoms with Crippen LogP contribution in [0, 0.1) is 0 Å². The quantitative estimate of drug-likeness (QED) is 0.563. The third-order valence-corrected chi connectivity index (χ3v) is 2.04. The second-order valence-electron chi connectivity index (χ2n) is 2.51. The molecular weight excluding hydrogens is 211 g/mol. The molecule has 1 rings (SSSR count). The molecule has 1 aromatic rings. The second-order valence-corrected chi connectivity index (χ2v) is 3.35. The smallest absolute Gasteiger partial charge is 0.229 e. The van der Waals surface area contributed by atoms with E-state index >= 15 is 0 Å². The molecule has 0 amide bonds. The van der Waals surface area contributed by atoms with E-state index in [2.05, 4.69) is 0 Å². The monoisotopic (exact) mass is 216 g/mol. The molecule has 0 saturated carbocycles. The lowest BCUT2D eigenvalue weighted by atomic mass is 10.1. The number of rotatable bonds is 2. The number of benzene rings is 1. The van der Waals surface area contributed by atoms with Gasteiger partial charge in [-0.3, -0.25) is 9.59 Å². The summed E-state index contributed by atoms with van der Waals surface area (Å²) in [5, 5.41) is 0.637. The second kappa shape index (κ2) is 3.90. The molecule has 0 saturated heterocycles. The lowest BCUT2D eigenvalue weighted by Crippen LogP contribution is -2.09. The Bertz CT molecular complexity index is 372. The molecule has 0 aliphatic carbocycles. The van der Waals surface area contributed by atoms with Gasteiger partial charge in [0, 0.05) is 17.5 Å². The molecule has 13 heavy (non-hydrogen) atoms. The molecule has 4 heteroatoms. The first-order valence-electron chi connectivity index (χ1n) is 3.52. The van der Waals surface area contributed by atoms with Gasteiger partial charge in [-0.05, 0) is 18.2 Å². The van der Waals surface area contributed by atoms with E-state index in [0.717, 1.165) is 0 Å². The van der Waals surface area contributed by atoms with Gasteiger partial charge in [0.2, 0.25) is 5.78 Å². The van der Waals surface area contributed by atoms with E-state index in [9.17, 15) is 9.59 Å². The minimum absolute atomic E-state index is 0.193. The normalized spacial score (nSPS) is 9.77. The third-order valence-electron chi connectivity index (χ3n) is 1.50. The van der Waals surface area contributed by atoms with Crippen LogP contribution in [0.4, 0.5) is 0 Å². The molecule has 68 valence electrons. The molecule has 0 atom stereocenters. The van der Waals surface area contributed by atoms with Crippen molar-refractivity contribution in [1.29, 1.82) is 0 Å². The van der Waals surface area contributed by atoms with Gasteiger partial charge in [-0.15, -0.1) is 0 Å². The van der Waals surface area contributed by atoms with E-state index in [0.29, 0.717) is 5.02 Å². The minimum atomic E-state index is -0.596. The van der Waals surface area contributed by atoms with Gasteiger partial charge in [0.25, 0.3) is 0 Å². The molecule has 0 fully saturated rings. The summed E-state index contributed by atoms with van der Waals surface area (Å²) in [6.07, 6.45) is 0. The van der Waals surface area contributed by atoms with Crippen LogP contribution in [0.15, 0.2) is 18.2 Å². The van der Waals surface area contributed by atoms with Crippen molar-refractivity contribution in [2.24, 2.45) is 0 Å². The van der Waals surface area contributed by atoms with Crippen LogP contribution in [0.1, 0.15) is 17.3 Å². The first-order chi connectivity index (χ1) is 6.02. The van der Waals surface area contributed by atoms with Crippen molar-refractivity contribution >= 4 is 34.8 Å². The van der Waals surface area contributed by atoms with Gasteiger partial charge in [0.1, 0.15) is 0 Å². The third kappa shape index (κ3) is 2.29. The van der Waals surface area contributed by atoms with Crippen molar-refractivity contribution in [1.82, 2.24) is 0 Å². The summed E-state index contributed by atoms with van der Waals surface area (Å²) >= 11 is 11.3. The molecule has 1 aromatic carbocycles. The molecule has 0 aliphatic heterocycles. The van der Waals surface area contributed by atoms with Crippen LogP contribution in [0.5, 0.6) is 0 Å². The molecule has 0 radical (unpaired) electrons. The van der Waals surface area contributed by atoms with Gasteiger partial charge < -0.3 is 0 Å². The molecule has 0 heterocycles. The fourth-order valence-electron chi connectivity index (χ4n) is 0.863. The first kappa shape index (κ1) is 10.2. The molecule has 0 N–H and O–H groups in total. The van der Waals surface area contributed by atoms with E-state index in [4.69, 9.17) is 23.2 Å². The van der Waals surface area contributed by atoms with Crippen LogP contribution in [-0.4, -0.2) is 11.6 Å². The molecule has 0 spiro atoms. The summed E-state index contributed by atoms with van der Waals surface area (Å²) in [5.41, 5.74) is 0.193. The number of carbonyl (C=O) groups excluding carboxylic acids is 2. The summed E-state index contributed by atoms with van der Waals surface area (Å²) < 4.78 is 0. The highest BCUT2D eigenvalue weighted by Gasteiger charge is 2.14. The van der Waals surface area contributed by atoms with Crippen molar-refractivity contribution < 1.29 is 9.59 Å². The fraction of sp³-hybridized carbons (Fsp3) is 0.111. The van der Waals surface area contributed by atoms with Gasteiger partial charge in [-0.25, -0.2) is 0 Å². The Morgan fingerprint density at radius 2 is 1.85 bits per heavy atom. The topological polar surface area (TPSA) is 34.1 Å². The van der Waals surface area contributed by atoms with Crippen LogP contribution in [0.25, 0.3) is 0 Å². The lowest BCUT2D eigenvalue weighted by Gasteiger charge is -2.00. The van der Waals surface area contributed by atoms with Gasteiger partial charge in [0.15, 0.2) is 5.78 Å². The van der Waals surface area contributed by atoms with E-state index in [1.807, 2.05) is 0 Å². The van der Waals surface area contributed by atoms with Crippen LogP contribution >= 0.6 is 23.2 Å². The highest BCUT2D eigenvalue weighted by Crippen LogP contribution is 2.21. The van der Waals surface area contributed by atoms with Crippen LogP contribution in [-0.2, 0) is 4.79 Å². The summed E-state index contributed by atoms with van der Waals surface area (Å²) in [4.78, 5) is 21.9. The van der Waals surface area contributed by atoms with E-state index in [-0.39, 0.29) is 10.6 Å². The number of halogens is 2. The zero-order valence-electron chi connectivity index (χ0n) is 6.80. The molecule has 0 unspecified atom stereocenters. The fourth-order valence-corrected chi connectivity index (χ4v) is 1.36. The van der Waals surface area contributed by atoms with Crippen molar-refractivity contribution in [3.8, 4) is 0 Å². The standard InChI is InChI=1S/C9H6Cl2O2/c1-5(12)9(13)7-3-2-6(10)4-8(7)11/h2-4H,1H3. The number of carbonyl (C=O) groups is 2. The number of ketones is 2. The highest BCUT2D eigenvalue weighted by molar-refractivity contribution is 6.47. The molecule has 0 bridgehead atoms. The molecular formula is C9H6Cl2O2. The highest BCUT2D eigenvalue weighted by atomic mass is 35.5. The molecule has 0 aliphatic rings. The Balaban J connectivity index is 3.16. The Hall–Kier alpha value is -0.860. The number of hydrogen-bond acceptors (Lipinski definition) is 2. The number of Topliss-reactive ketones (excluding diaryl/α,β-unsaturated/α-hetero) is 2. The zero-order valence-corrected chi connectivity index (χ0v) is 8.32. The minimum Gasteiger partial charge on any atom is -0.291 e. The van der Waals surface area contributed by atoms with Crippen LogP contribution < -0.4 is 0 Å². The summed E-state index contributed by atoms with van der Waals surface area (Å²) in [7, 11) is 0. The number of hydrogen-bond donors (Lipinski definition) is 0. The van der Waals surface area contributed by atoms with Crippen LogP contribution in [0.3, 0.4) is 0 Å². The SMILES string of the molecule is CC(=O)C(=O)c1ccc(Cl)cc1Cl. The van der Waals surface area contributed by atoms with Crippen molar-refractivity contribution in [3.63, 3.8) is 0 Å². The van der Waals surface area contributed by atoms with Crippen molar-refractivity contribution in [2.45, 2.75) is 6.92 Å². The maximum absolute atomic E-state index is 11.2. The van der Waals surface area contributed by atoms with Gasteiger partial charge in [0.05, 0.1) is 5.02 Å². The Kier molecular flexibility index (Phi) is 3.07. The van der Waals surface area contributed by atoms with E-state index < -0.39 is 11.6 Å². The van der Waals surface area contributed by atoms with Crippen molar-refractivity contribution in [3.05, 3.63) is 33.8 Å². The molecule has 2 nitrogen and oxygen atoms in total. The first-order valence-corrected chi connectivity index (χ1v) is 4.28. The van der Waals surface area contributed by atoms with Gasteiger partial charge >= 0.3 is 0 Å².